The highest BCUT2D eigenvalue weighted by Gasteiger charge is 2.31. The van der Waals surface area contributed by atoms with Crippen molar-refractivity contribution in [3.8, 4) is 0 Å². The van der Waals surface area contributed by atoms with Crippen LogP contribution in [-0.2, 0) is 14.3 Å². The summed E-state index contributed by atoms with van der Waals surface area (Å²) in [5.41, 5.74) is 0. The molecule has 3 nitrogen and oxygen atoms in total. The van der Waals surface area contributed by atoms with E-state index in [1.807, 2.05) is 12.2 Å². The van der Waals surface area contributed by atoms with Gasteiger partial charge in [-0.1, -0.05) is 24.6 Å². The summed E-state index contributed by atoms with van der Waals surface area (Å²) in [6.45, 7) is 3.68. The third-order valence-corrected chi connectivity index (χ3v) is 2.83. The number of unbranched alkanes of at least 4 members (excludes halogenated alkanes) is 4. The highest BCUT2D eigenvalue weighted by Crippen LogP contribution is 2.19. The first-order chi connectivity index (χ1) is 8.24. The van der Waals surface area contributed by atoms with Gasteiger partial charge in [0.15, 0.2) is 0 Å². The Labute approximate surface area is 103 Å². The summed E-state index contributed by atoms with van der Waals surface area (Å²) in [6.07, 6.45) is 12.6. The molecule has 17 heavy (non-hydrogen) atoms. The zero-order valence-corrected chi connectivity index (χ0v) is 10.2. The van der Waals surface area contributed by atoms with E-state index < -0.39 is 5.97 Å². The molecule has 1 saturated heterocycles. The Hall–Kier alpha value is -1.38. The summed E-state index contributed by atoms with van der Waals surface area (Å²) in [4.78, 5) is 22.0. The van der Waals surface area contributed by atoms with Crippen LogP contribution in [0.5, 0.6) is 0 Å². The van der Waals surface area contributed by atoms with Gasteiger partial charge in [0.1, 0.15) is 0 Å². The number of rotatable bonds is 8. The molecule has 94 valence electrons. The molecule has 0 aliphatic carbocycles. The van der Waals surface area contributed by atoms with Crippen LogP contribution in [-0.4, -0.2) is 11.9 Å². The monoisotopic (exact) mass is 236 g/mol. The molecular weight excluding hydrogens is 216 g/mol. The SMILES string of the molecule is C=CCCCCCC=CCC1CC(=O)OC1=O. The number of carbonyl (C=O) groups is 2. The summed E-state index contributed by atoms with van der Waals surface area (Å²) in [7, 11) is 0. The Morgan fingerprint density at radius 2 is 1.94 bits per heavy atom. The molecular formula is C14H20O3. The van der Waals surface area contributed by atoms with Crippen LogP contribution in [0.2, 0.25) is 0 Å². The van der Waals surface area contributed by atoms with E-state index in [4.69, 9.17) is 0 Å². The molecule has 0 spiro atoms. The summed E-state index contributed by atoms with van der Waals surface area (Å²) in [5, 5.41) is 0. The molecule has 1 unspecified atom stereocenters. The summed E-state index contributed by atoms with van der Waals surface area (Å²) in [5.74, 6) is -1.01. The maximum absolute atomic E-state index is 11.1. The molecule has 0 aromatic heterocycles. The fraction of sp³-hybridized carbons (Fsp3) is 0.571. The Morgan fingerprint density at radius 1 is 1.18 bits per heavy atom. The Balaban J connectivity index is 2.04. The fourth-order valence-corrected chi connectivity index (χ4v) is 1.81. The predicted molar refractivity (Wildman–Crippen MR) is 66.2 cm³/mol. The first kappa shape index (κ1) is 13.7. The average Bonchev–Trinajstić information content (AvgIpc) is 2.61. The molecule has 0 amide bonds. The van der Waals surface area contributed by atoms with Gasteiger partial charge < -0.3 is 4.74 Å². The summed E-state index contributed by atoms with van der Waals surface area (Å²) in [6, 6.07) is 0. The largest absolute Gasteiger partial charge is 0.393 e. The van der Waals surface area contributed by atoms with Crippen molar-refractivity contribution in [3.63, 3.8) is 0 Å². The van der Waals surface area contributed by atoms with Gasteiger partial charge in [-0.15, -0.1) is 6.58 Å². The third kappa shape index (κ3) is 5.48. The van der Waals surface area contributed by atoms with Gasteiger partial charge in [0.25, 0.3) is 0 Å². The number of cyclic esters (lactones) is 2. The minimum Gasteiger partial charge on any atom is -0.393 e. The molecule has 1 aliphatic rings. The molecule has 1 heterocycles. The lowest BCUT2D eigenvalue weighted by molar-refractivity contribution is -0.153. The van der Waals surface area contributed by atoms with Gasteiger partial charge in [-0.25, -0.2) is 0 Å². The normalized spacial score (nSPS) is 19.9. The van der Waals surface area contributed by atoms with Gasteiger partial charge in [0.2, 0.25) is 0 Å². The smallest absolute Gasteiger partial charge is 0.317 e. The number of ether oxygens (including phenoxy) is 1. The van der Waals surface area contributed by atoms with Crippen molar-refractivity contribution in [2.45, 2.75) is 44.9 Å². The molecule has 0 bridgehead atoms. The molecule has 0 N–H and O–H groups in total. The van der Waals surface area contributed by atoms with E-state index in [0.29, 0.717) is 6.42 Å². The molecule has 1 aliphatic heterocycles. The van der Waals surface area contributed by atoms with Crippen LogP contribution < -0.4 is 0 Å². The average molecular weight is 236 g/mol. The Bertz CT molecular complexity index is 305. The first-order valence-corrected chi connectivity index (χ1v) is 6.24. The molecule has 0 aromatic carbocycles. The van der Waals surface area contributed by atoms with E-state index in [0.717, 1.165) is 12.8 Å². The van der Waals surface area contributed by atoms with Crippen LogP contribution in [0.25, 0.3) is 0 Å². The minimum atomic E-state index is -0.391. The van der Waals surface area contributed by atoms with Crippen LogP contribution in [0.1, 0.15) is 44.9 Å². The maximum atomic E-state index is 11.1. The highest BCUT2D eigenvalue weighted by atomic mass is 16.6. The third-order valence-electron chi connectivity index (χ3n) is 2.83. The second kappa shape index (κ2) is 7.82. The topological polar surface area (TPSA) is 43.4 Å². The van der Waals surface area contributed by atoms with Crippen molar-refractivity contribution in [2.24, 2.45) is 5.92 Å². The quantitative estimate of drug-likeness (QED) is 0.281. The Kier molecular flexibility index (Phi) is 6.30. The molecule has 0 aromatic rings. The second-order valence-corrected chi connectivity index (χ2v) is 4.33. The van der Waals surface area contributed by atoms with Crippen LogP contribution in [0.3, 0.4) is 0 Å². The van der Waals surface area contributed by atoms with Crippen LogP contribution in [0.4, 0.5) is 0 Å². The lowest BCUT2D eigenvalue weighted by Gasteiger charge is -1.98. The second-order valence-electron chi connectivity index (χ2n) is 4.33. The number of esters is 2. The minimum absolute atomic E-state index is 0.239. The standard InChI is InChI=1S/C14H20O3/c1-2-3-4-5-6-7-8-9-10-12-11-13(15)17-14(12)16/h2,8-9,12H,1,3-7,10-11H2. The van der Waals surface area contributed by atoms with E-state index in [-0.39, 0.29) is 18.3 Å². The van der Waals surface area contributed by atoms with Gasteiger partial charge in [-0.3, -0.25) is 9.59 Å². The van der Waals surface area contributed by atoms with E-state index in [1.54, 1.807) is 0 Å². The lowest BCUT2D eigenvalue weighted by Crippen LogP contribution is -2.05. The van der Waals surface area contributed by atoms with Crippen molar-refractivity contribution in [3.05, 3.63) is 24.8 Å². The van der Waals surface area contributed by atoms with Crippen LogP contribution >= 0.6 is 0 Å². The molecule has 0 radical (unpaired) electrons. The summed E-state index contributed by atoms with van der Waals surface area (Å²) >= 11 is 0. The molecule has 0 saturated carbocycles. The zero-order chi connectivity index (χ0) is 12.5. The van der Waals surface area contributed by atoms with Crippen LogP contribution in [0, 0.1) is 5.92 Å². The van der Waals surface area contributed by atoms with Crippen molar-refractivity contribution < 1.29 is 14.3 Å². The van der Waals surface area contributed by atoms with Crippen molar-refractivity contribution in [1.82, 2.24) is 0 Å². The van der Waals surface area contributed by atoms with Crippen molar-refractivity contribution >= 4 is 11.9 Å². The van der Waals surface area contributed by atoms with E-state index in [1.165, 1.54) is 19.3 Å². The van der Waals surface area contributed by atoms with Gasteiger partial charge in [-0.2, -0.15) is 0 Å². The maximum Gasteiger partial charge on any atom is 0.317 e. The molecule has 1 rings (SSSR count). The lowest BCUT2D eigenvalue weighted by atomic mass is 10.0. The van der Waals surface area contributed by atoms with Gasteiger partial charge >= 0.3 is 11.9 Å². The number of allylic oxidation sites excluding steroid dienone is 3. The first-order valence-electron chi connectivity index (χ1n) is 6.24. The predicted octanol–water partition coefficient (Wildman–Crippen LogP) is 3.16. The van der Waals surface area contributed by atoms with Gasteiger partial charge in [-0.05, 0) is 32.1 Å². The van der Waals surface area contributed by atoms with E-state index in [9.17, 15) is 9.59 Å². The van der Waals surface area contributed by atoms with E-state index in [2.05, 4.69) is 17.4 Å². The van der Waals surface area contributed by atoms with Gasteiger partial charge in [0, 0.05) is 0 Å². The number of hydrogen-bond acceptors (Lipinski definition) is 3. The molecule has 1 atom stereocenters. The van der Waals surface area contributed by atoms with Crippen molar-refractivity contribution in [2.75, 3.05) is 0 Å². The molecule has 3 heteroatoms. The van der Waals surface area contributed by atoms with Crippen LogP contribution in [0.15, 0.2) is 24.8 Å². The number of carbonyl (C=O) groups excluding carboxylic acids is 2. The summed E-state index contributed by atoms with van der Waals surface area (Å²) < 4.78 is 4.48. The van der Waals surface area contributed by atoms with Crippen molar-refractivity contribution in [1.29, 1.82) is 0 Å². The fourth-order valence-electron chi connectivity index (χ4n) is 1.81. The molecule has 1 fully saturated rings. The zero-order valence-electron chi connectivity index (χ0n) is 10.2. The van der Waals surface area contributed by atoms with E-state index >= 15 is 0 Å². The number of hydrogen-bond donors (Lipinski definition) is 0. The van der Waals surface area contributed by atoms with Gasteiger partial charge in [0.05, 0.1) is 12.3 Å². The Morgan fingerprint density at radius 3 is 2.59 bits per heavy atom. The highest BCUT2D eigenvalue weighted by molar-refractivity contribution is 5.94.